The van der Waals surface area contributed by atoms with Gasteiger partial charge in [-0.15, -0.1) is 0 Å². The Morgan fingerprint density at radius 2 is 1.94 bits per heavy atom. The Morgan fingerprint density at radius 3 is 2.56 bits per heavy atom. The third-order valence-corrected chi connectivity index (χ3v) is 3.25. The summed E-state index contributed by atoms with van der Waals surface area (Å²) in [4.78, 5) is 0. The number of nitrogens with zero attached hydrogens (tertiary/aromatic N) is 1. The summed E-state index contributed by atoms with van der Waals surface area (Å²) in [5.74, 6) is 0.898. The van der Waals surface area contributed by atoms with Crippen molar-refractivity contribution in [1.29, 1.82) is 0 Å². The molecule has 3 heteroatoms. The molecule has 96 valence electrons. The van der Waals surface area contributed by atoms with Crippen molar-refractivity contribution in [3.63, 3.8) is 0 Å². The lowest BCUT2D eigenvalue weighted by Crippen LogP contribution is -2.16. The van der Waals surface area contributed by atoms with Gasteiger partial charge in [0.25, 0.3) is 0 Å². The van der Waals surface area contributed by atoms with E-state index in [9.17, 15) is 0 Å². The number of hydrogen-bond donors (Lipinski definition) is 1. The molecule has 0 aliphatic heterocycles. The van der Waals surface area contributed by atoms with Crippen LogP contribution in [-0.4, -0.2) is 18.7 Å². The molecule has 0 saturated heterocycles. The van der Waals surface area contributed by atoms with Gasteiger partial charge in [-0.25, -0.2) is 0 Å². The first-order chi connectivity index (χ1) is 8.74. The van der Waals surface area contributed by atoms with E-state index in [1.54, 1.807) is 7.11 Å². The highest BCUT2D eigenvalue weighted by atomic mass is 16.5. The van der Waals surface area contributed by atoms with Crippen molar-refractivity contribution in [2.75, 3.05) is 14.2 Å². The molecular weight excluding hydrogens is 224 g/mol. The van der Waals surface area contributed by atoms with Crippen LogP contribution in [0.3, 0.4) is 0 Å². The first kappa shape index (κ1) is 12.7. The Hall–Kier alpha value is -1.74. The number of hydrogen-bond acceptors (Lipinski definition) is 2. The van der Waals surface area contributed by atoms with E-state index in [4.69, 9.17) is 4.74 Å². The zero-order valence-corrected chi connectivity index (χ0v) is 11.2. The van der Waals surface area contributed by atoms with Crippen molar-refractivity contribution < 1.29 is 4.74 Å². The number of rotatable bonds is 5. The minimum absolute atomic E-state index is 0.359. The van der Waals surface area contributed by atoms with Gasteiger partial charge in [-0.1, -0.05) is 12.1 Å². The van der Waals surface area contributed by atoms with Crippen LogP contribution in [0.25, 0.3) is 0 Å². The maximum absolute atomic E-state index is 5.17. The molecule has 1 unspecified atom stereocenters. The second kappa shape index (κ2) is 5.74. The van der Waals surface area contributed by atoms with Crippen LogP contribution in [0.15, 0.2) is 42.6 Å². The molecule has 0 aliphatic carbocycles. The average Bonchev–Trinajstić information content (AvgIpc) is 2.87. The van der Waals surface area contributed by atoms with E-state index < -0.39 is 0 Å². The minimum Gasteiger partial charge on any atom is -0.497 e. The lowest BCUT2D eigenvalue weighted by atomic mass is 10.2. The van der Waals surface area contributed by atoms with Crippen molar-refractivity contribution >= 4 is 0 Å². The Kier molecular flexibility index (Phi) is 4.05. The van der Waals surface area contributed by atoms with Gasteiger partial charge in [0.15, 0.2) is 0 Å². The Labute approximate surface area is 108 Å². The van der Waals surface area contributed by atoms with Gasteiger partial charge in [0, 0.05) is 24.5 Å². The molecule has 1 N–H and O–H groups in total. The molecule has 0 amide bonds. The predicted molar refractivity (Wildman–Crippen MR) is 74.0 cm³/mol. The molecule has 0 spiro atoms. The van der Waals surface area contributed by atoms with Crippen molar-refractivity contribution in [2.24, 2.45) is 0 Å². The first-order valence-electron chi connectivity index (χ1n) is 6.20. The van der Waals surface area contributed by atoms with E-state index in [0.717, 1.165) is 12.3 Å². The van der Waals surface area contributed by atoms with Crippen LogP contribution < -0.4 is 10.1 Å². The molecule has 2 aromatic rings. The topological polar surface area (TPSA) is 26.2 Å². The lowest BCUT2D eigenvalue weighted by Gasteiger charge is -2.15. The van der Waals surface area contributed by atoms with Crippen LogP contribution in [-0.2, 0) is 6.54 Å². The second-order valence-electron chi connectivity index (χ2n) is 4.42. The van der Waals surface area contributed by atoms with E-state index in [1.807, 2.05) is 19.2 Å². The smallest absolute Gasteiger partial charge is 0.118 e. The summed E-state index contributed by atoms with van der Waals surface area (Å²) in [7, 11) is 3.67. The normalized spacial score (nSPS) is 12.4. The predicted octanol–water partition coefficient (Wildman–Crippen LogP) is 2.83. The van der Waals surface area contributed by atoms with E-state index in [0.29, 0.717) is 6.04 Å². The van der Waals surface area contributed by atoms with Crippen LogP contribution in [0.4, 0.5) is 0 Å². The highest BCUT2D eigenvalue weighted by molar-refractivity contribution is 5.28. The zero-order chi connectivity index (χ0) is 13.0. The number of benzene rings is 1. The van der Waals surface area contributed by atoms with Crippen LogP contribution in [0.5, 0.6) is 5.75 Å². The number of aromatic nitrogens is 1. The molecule has 2 rings (SSSR count). The monoisotopic (exact) mass is 244 g/mol. The van der Waals surface area contributed by atoms with Crippen molar-refractivity contribution in [3.05, 3.63) is 53.9 Å². The molecule has 1 heterocycles. The molecule has 0 radical (unpaired) electrons. The van der Waals surface area contributed by atoms with E-state index in [2.05, 4.69) is 47.3 Å². The van der Waals surface area contributed by atoms with Gasteiger partial charge in [0.1, 0.15) is 5.75 Å². The van der Waals surface area contributed by atoms with E-state index in [1.165, 1.54) is 11.3 Å². The Balaban J connectivity index is 2.15. The van der Waals surface area contributed by atoms with Crippen LogP contribution in [0.1, 0.15) is 24.2 Å². The van der Waals surface area contributed by atoms with Gasteiger partial charge in [-0.05, 0) is 43.8 Å². The molecule has 3 nitrogen and oxygen atoms in total. The van der Waals surface area contributed by atoms with E-state index >= 15 is 0 Å². The van der Waals surface area contributed by atoms with Gasteiger partial charge in [-0.3, -0.25) is 0 Å². The van der Waals surface area contributed by atoms with Crippen molar-refractivity contribution in [2.45, 2.75) is 19.5 Å². The van der Waals surface area contributed by atoms with Gasteiger partial charge in [-0.2, -0.15) is 0 Å². The number of ether oxygens (including phenoxy) is 1. The summed E-state index contributed by atoms with van der Waals surface area (Å²) in [6.07, 6.45) is 2.12. The molecule has 0 fully saturated rings. The van der Waals surface area contributed by atoms with Crippen LogP contribution in [0.2, 0.25) is 0 Å². The third kappa shape index (κ3) is 2.74. The van der Waals surface area contributed by atoms with Crippen LogP contribution in [0, 0.1) is 0 Å². The van der Waals surface area contributed by atoms with Crippen molar-refractivity contribution in [3.8, 4) is 5.75 Å². The summed E-state index contributed by atoms with van der Waals surface area (Å²) in [5, 5.41) is 3.27. The molecule has 1 atom stereocenters. The van der Waals surface area contributed by atoms with Crippen molar-refractivity contribution in [1.82, 2.24) is 9.88 Å². The first-order valence-corrected chi connectivity index (χ1v) is 6.20. The highest BCUT2D eigenvalue weighted by Crippen LogP contribution is 2.17. The molecule has 0 bridgehead atoms. The molecule has 1 aromatic heterocycles. The zero-order valence-electron chi connectivity index (χ0n) is 11.2. The SMILES string of the molecule is CNC(C)c1cccn1Cc1ccc(OC)cc1. The molecule has 1 aromatic carbocycles. The molecule has 18 heavy (non-hydrogen) atoms. The average molecular weight is 244 g/mol. The summed E-state index contributed by atoms with van der Waals surface area (Å²) in [6, 6.07) is 12.8. The summed E-state index contributed by atoms with van der Waals surface area (Å²) in [6.45, 7) is 3.05. The fourth-order valence-corrected chi connectivity index (χ4v) is 2.04. The molecule has 0 aliphatic rings. The lowest BCUT2D eigenvalue weighted by molar-refractivity contribution is 0.414. The number of methoxy groups -OCH3 is 1. The molecule has 0 saturated carbocycles. The minimum atomic E-state index is 0.359. The fourth-order valence-electron chi connectivity index (χ4n) is 2.04. The van der Waals surface area contributed by atoms with Gasteiger partial charge in [0.2, 0.25) is 0 Å². The maximum Gasteiger partial charge on any atom is 0.118 e. The van der Waals surface area contributed by atoms with E-state index in [-0.39, 0.29) is 0 Å². The number of nitrogens with one attached hydrogen (secondary N) is 1. The molecular formula is C15H20N2O. The van der Waals surface area contributed by atoms with Gasteiger partial charge < -0.3 is 14.6 Å². The Morgan fingerprint density at radius 1 is 1.22 bits per heavy atom. The maximum atomic E-state index is 5.17. The highest BCUT2D eigenvalue weighted by Gasteiger charge is 2.07. The quantitative estimate of drug-likeness (QED) is 0.875. The van der Waals surface area contributed by atoms with Gasteiger partial charge >= 0.3 is 0 Å². The largest absolute Gasteiger partial charge is 0.497 e. The van der Waals surface area contributed by atoms with Gasteiger partial charge in [0.05, 0.1) is 7.11 Å². The second-order valence-corrected chi connectivity index (χ2v) is 4.42. The fraction of sp³-hybridized carbons (Fsp3) is 0.333. The standard InChI is InChI=1S/C15H20N2O/c1-12(16-2)15-5-4-10-17(15)11-13-6-8-14(18-3)9-7-13/h4-10,12,16H,11H2,1-3H3. The summed E-state index contributed by atoms with van der Waals surface area (Å²) in [5.41, 5.74) is 2.57. The van der Waals surface area contributed by atoms with Crippen LogP contribution >= 0.6 is 0 Å². The summed E-state index contributed by atoms with van der Waals surface area (Å²) >= 11 is 0. The third-order valence-electron chi connectivity index (χ3n) is 3.25. The summed E-state index contributed by atoms with van der Waals surface area (Å²) < 4.78 is 7.43. The Bertz CT molecular complexity index is 487.